The lowest BCUT2D eigenvalue weighted by atomic mass is 9.99. The molecule has 20 heavy (non-hydrogen) atoms. The van der Waals surface area contributed by atoms with Crippen molar-refractivity contribution in [2.24, 2.45) is 5.73 Å². The molecule has 0 aliphatic carbocycles. The van der Waals surface area contributed by atoms with Gasteiger partial charge in [-0.1, -0.05) is 17.7 Å². The smallest absolute Gasteiger partial charge is 0.159 e. The number of hydrogen-bond acceptors (Lipinski definition) is 2. The predicted octanol–water partition coefficient (Wildman–Crippen LogP) is 3.87. The highest BCUT2D eigenvalue weighted by atomic mass is 35.5. The van der Waals surface area contributed by atoms with Gasteiger partial charge in [0, 0.05) is 16.6 Å². The lowest BCUT2D eigenvalue weighted by molar-refractivity contribution is 0.405. The van der Waals surface area contributed by atoms with Gasteiger partial charge in [0.25, 0.3) is 0 Å². The molecule has 2 aromatic rings. The van der Waals surface area contributed by atoms with Crippen molar-refractivity contribution < 1.29 is 13.5 Å². The van der Waals surface area contributed by atoms with Crippen molar-refractivity contribution in [3.63, 3.8) is 0 Å². The Morgan fingerprint density at radius 2 is 1.90 bits per heavy atom. The minimum atomic E-state index is -0.882. The fourth-order valence-electron chi connectivity index (χ4n) is 2.03. The van der Waals surface area contributed by atoms with Crippen LogP contribution in [0, 0.1) is 11.6 Å². The molecule has 1 unspecified atom stereocenters. The van der Waals surface area contributed by atoms with Crippen molar-refractivity contribution in [1.29, 1.82) is 0 Å². The zero-order valence-electron chi connectivity index (χ0n) is 10.9. The maximum absolute atomic E-state index is 13.2. The van der Waals surface area contributed by atoms with Crippen molar-refractivity contribution in [2.45, 2.75) is 12.5 Å². The minimum Gasteiger partial charge on any atom is -0.496 e. The van der Waals surface area contributed by atoms with E-state index in [1.165, 1.54) is 13.2 Å². The van der Waals surface area contributed by atoms with Crippen LogP contribution in [0.2, 0.25) is 5.02 Å². The molecule has 0 saturated heterocycles. The molecule has 1 atom stereocenters. The Morgan fingerprint density at radius 3 is 2.55 bits per heavy atom. The Morgan fingerprint density at radius 1 is 1.15 bits per heavy atom. The minimum absolute atomic E-state index is 0.355. The van der Waals surface area contributed by atoms with E-state index in [2.05, 4.69) is 0 Å². The zero-order valence-corrected chi connectivity index (χ0v) is 11.6. The van der Waals surface area contributed by atoms with E-state index in [0.717, 1.165) is 17.7 Å². The highest BCUT2D eigenvalue weighted by molar-refractivity contribution is 6.30. The van der Waals surface area contributed by atoms with Gasteiger partial charge in [-0.15, -0.1) is 0 Å². The molecule has 0 spiro atoms. The largest absolute Gasteiger partial charge is 0.496 e. The molecule has 2 nitrogen and oxygen atoms in total. The summed E-state index contributed by atoms with van der Waals surface area (Å²) in [7, 11) is 1.54. The molecule has 0 radical (unpaired) electrons. The van der Waals surface area contributed by atoms with E-state index >= 15 is 0 Å². The number of halogens is 3. The summed E-state index contributed by atoms with van der Waals surface area (Å²) in [6, 6.07) is 8.46. The standard InChI is InChI=1S/C15H14ClF2NO/c1-20-15-5-3-10(16)8-11(15)14(19)7-9-2-4-12(17)13(18)6-9/h2-6,8,14H,7,19H2,1H3. The summed E-state index contributed by atoms with van der Waals surface area (Å²) in [5, 5.41) is 0.543. The number of hydrogen-bond donors (Lipinski definition) is 1. The van der Waals surface area contributed by atoms with Crippen LogP contribution in [0.4, 0.5) is 8.78 Å². The van der Waals surface area contributed by atoms with Crippen LogP contribution in [-0.4, -0.2) is 7.11 Å². The Kier molecular flexibility index (Phi) is 4.57. The number of methoxy groups -OCH3 is 1. The summed E-state index contributed by atoms with van der Waals surface area (Å²) in [4.78, 5) is 0. The third-order valence-corrected chi connectivity index (χ3v) is 3.27. The Hall–Kier alpha value is -1.65. The normalized spacial score (nSPS) is 12.2. The molecule has 0 aliphatic rings. The van der Waals surface area contributed by atoms with Crippen LogP contribution < -0.4 is 10.5 Å². The second-order valence-electron chi connectivity index (χ2n) is 4.45. The summed E-state index contributed by atoms with van der Waals surface area (Å²) in [5.41, 5.74) is 7.44. The van der Waals surface area contributed by atoms with E-state index in [0.29, 0.717) is 22.8 Å². The van der Waals surface area contributed by atoms with Gasteiger partial charge in [-0.05, 0) is 42.3 Å². The first kappa shape index (κ1) is 14.8. The first-order valence-corrected chi connectivity index (χ1v) is 6.42. The number of ether oxygens (including phenoxy) is 1. The third-order valence-electron chi connectivity index (χ3n) is 3.03. The fraction of sp³-hybridized carbons (Fsp3) is 0.200. The predicted molar refractivity (Wildman–Crippen MR) is 75.0 cm³/mol. The zero-order chi connectivity index (χ0) is 14.7. The molecule has 5 heteroatoms. The second kappa shape index (κ2) is 6.20. The number of nitrogens with two attached hydrogens (primary N) is 1. The van der Waals surface area contributed by atoms with Gasteiger partial charge in [-0.2, -0.15) is 0 Å². The molecular formula is C15H14ClF2NO. The highest BCUT2D eigenvalue weighted by Gasteiger charge is 2.14. The van der Waals surface area contributed by atoms with Gasteiger partial charge in [-0.3, -0.25) is 0 Å². The van der Waals surface area contributed by atoms with E-state index in [4.69, 9.17) is 22.1 Å². The monoisotopic (exact) mass is 297 g/mol. The SMILES string of the molecule is COc1ccc(Cl)cc1C(N)Cc1ccc(F)c(F)c1. The van der Waals surface area contributed by atoms with Crippen molar-refractivity contribution in [3.05, 3.63) is 64.2 Å². The van der Waals surface area contributed by atoms with Gasteiger partial charge in [-0.25, -0.2) is 8.78 Å². The van der Waals surface area contributed by atoms with Crippen molar-refractivity contribution >= 4 is 11.6 Å². The maximum Gasteiger partial charge on any atom is 0.159 e. The second-order valence-corrected chi connectivity index (χ2v) is 4.88. The maximum atomic E-state index is 13.2. The van der Waals surface area contributed by atoms with Gasteiger partial charge in [0.2, 0.25) is 0 Å². The molecule has 0 saturated carbocycles. The topological polar surface area (TPSA) is 35.2 Å². The van der Waals surface area contributed by atoms with Crippen LogP contribution in [0.15, 0.2) is 36.4 Å². The van der Waals surface area contributed by atoms with Crippen molar-refractivity contribution in [1.82, 2.24) is 0 Å². The van der Waals surface area contributed by atoms with Crippen LogP contribution in [0.5, 0.6) is 5.75 Å². The first-order valence-electron chi connectivity index (χ1n) is 6.04. The van der Waals surface area contributed by atoms with Crippen LogP contribution in [0.25, 0.3) is 0 Å². The molecule has 106 valence electrons. The van der Waals surface area contributed by atoms with Gasteiger partial charge in [0.05, 0.1) is 7.11 Å². The third kappa shape index (κ3) is 3.26. The first-order chi connectivity index (χ1) is 9.51. The van der Waals surface area contributed by atoms with Gasteiger partial charge < -0.3 is 10.5 Å². The van der Waals surface area contributed by atoms with E-state index in [9.17, 15) is 8.78 Å². The van der Waals surface area contributed by atoms with Gasteiger partial charge in [0.15, 0.2) is 11.6 Å². The molecule has 2 rings (SSSR count). The Bertz CT molecular complexity index is 619. The molecule has 0 bridgehead atoms. The Labute approximate surface area is 121 Å². The van der Waals surface area contributed by atoms with Crippen LogP contribution in [-0.2, 0) is 6.42 Å². The number of benzene rings is 2. The van der Waals surface area contributed by atoms with E-state index in [1.54, 1.807) is 18.2 Å². The van der Waals surface area contributed by atoms with Gasteiger partial charge in [0.1, 0.15) is 5.75 Å². The molecule has 0 aromatic heterocycles. The van der Waals surface area contributed by atoms with Gasteiger partial charge >= 0.3 is 0 Å². The lowest BCUT2D eigenvalue weighted by Crippen LogP contribution is -2.14. The number of rotatable bonds is 4. The summed E-state index contributed by atoms with van der Waals surface area (Å²) >= 11 is 5.95. The summed E-state index contributed by atoms with van der Waals surface area (Å²) in [6.45, 7) is 0. The molecule has 0 aliphatic heterocycles. The quantitative estimate of drug-likeness (QED) is 0.930. The van der Waals surface area contributed by atoms with Crippen LogP contribution in [0.1, 0.15) is 17.2 Å². The van der Waals surface area contributed by atoms with E-state index in [-0.39, 0.29) is 0 Å². The van der Waals surface area contributed by atoms with Crippen molar-refractivity contribution in [2.75, 3.05) is 7.11 Å². The molecule has 0 fully saturated rings. The summed E-state index contributed by atoms with van der Waals surface area (Å²) in [5.74, 6) is -1.14. The fourth-order valence-corrected chi connectivity index (χ4v) is 2.21. The van der Waals surface area contributed by atoms with Crippen LogP contribution >= 0.6 is 11.6 Å². The van der Waals surface area contributed by atoms with Crippen LogP contribution in [0.3, 0.4) is 0 Å². The molecular weight excluding hydrogens is 284 g/mol. The summed E-state index contributed by atoms with van der Waals surface area (Å²) < 4.78 is 31.3. The van der Waals surface area contributed by atoms with Crippen molar-refractivity contribution in [3.8, 4) is 5.75 Å². The average molecular weight is 298 g/mol. The molecule has 0 amide bonds. The van der Waals surface area contributed by atoms with E-state index < -0.39 is 17.7 Å². The molecule has 2 aromatic carbocycles. The molecule has 2 N–H and O–H groups in total. The average Bonchev–Trinajstić information content (AvgIpc) is 2.43. The Balaban J connectivity index is 2.25. The highest BCUT2D eigenvalue weighted by Crippen LogP contribution is 2.29. The lowest BCUT2D eigenvalue weighted by Gasteiger charge is -2.16. The molecule has 0 heterocycles. The van der Waals surface area contributed by atoms with E-state index in [1.807, 2.05) is 0 Å². The summed E-state index contributed by atoms with van der Waals surface area (Å²) in [6.07, 6.45) is 0.355.